The van der Waals surface area contributed by atoms with E-state index in [1.54, 1.807) is 17.0 Å². The second kappa shape index (κ2) is 9.82. The summed E-state index contributed by atoms with van der Waals surface area (Å²) < 4.78 is 53.3. The largest absolute Gasteiger partial charge is 0.419 e. The molecule has 178 valence electrons. The predicted molar refractivity (Wildman–Crippen MR) is 116 cm³/mol. The molecule has 0 N–H and O–H groups in total. The van der Waals surface area contributed by atoms with E-state index in [9.17, 15) is 22.4 Å². The molecular weight excluding hydrogens is 450 g/mol. The molecular formula is C24H23F4N5O. The van der Waals surface area contributed by atoms with Gasteiger partial charge in [0.15, 0.2) is 5.82 Å². The van der Waals surface area contributed by atoms with Crippen molar-refractivity contribution in [2.24, 2.45) is 5.92 Å². The van der Waals surface area contributed by atoms with Crippen LogP contribution in [0, 0.1) is 11.7 Å². The van der Waals surface area contributed by atoms with Crippen molar-refractivity contribution in [3.8, 4) is 11.4 Å². The normalized spacial score (nSPS) is 18.7. The summed E-state index contributed by atoms with van der Waals surface area (Å²) in [6.07, 6.45) is 2.48. The molecule has 1 aliphatic heterocycles. The number of amides is 1. The van der Waals surface area contributed by atoms with E-state index < -0.39 is 23.5 Å². The van der Waals surface area contributed by atoms with Gasteiger partial charge in [-0.25, -0.2) is 24.3 Å². The van der Waals surface area contributed by atoms with Gasteiger partial charge < -0.3 is 4.90 Å². The highest BCUT2D eigenvalue weighted by Gasteiger charge is 2.35. The molecule has 1 saturated heterocycles. The minimum Gasteiger partial charge on any atom is -0.335 e. The van der Waals surface area contributed by atoms with Crippen LogP contribution in [0.15, 0.2) is 49.1 Å². The fourth-order valence-corrected chi connectivity index (χ4v) is 4.36. The number of aromatic nitrogens is 4. The monoisotopic (exact) mass is 473 g/mol. The quantitative estimate of drug-likeness (QED) is 0.490. The molecule has 2 atom stereocenters. The number of piperidine rings is 1. The summed E-state index contributed by atoms with van der Waals surface area (Å²) in [5.74, 6) is -0.466. The van der Waals surface area contributed by atoms with E-state index in [1.165, 1.54) is 24.5 Å². The Hall–Kier alpha value is -3.43. The third-order valence-corrected chi connectivity index (χ3v) is 6.11. The first-order valence-electron chi connectivity index (χ1n) is 11.0. The molecule has 4 rings (SSSR count). The minimum atomic E-state index is -4.50. The highest BCUT2D eigenvalue weighted by molar-refractivity contribution is 6.00. The molecule has 2 aromatic heterocycles. The lowest BCUT2D eigenvalue weighted by molar-refractivity contribution is -0.138. The van der Waals surface area contributed by atoms with Crippen LogP contribution < -0.4 is 0 Å². The van der Waals surface area contributed by atoms with Gasteiger partial charge in [0.1, 0.15) is 11.6 Å². The van der Waals surface area contributed by atoms with Crippen molar-refractivity contribution >= 4 is 5.91 Å². The van der Waals surface area contributed by atoms with Crippen molar-refractivity contribution in [1.29, 1.82) is 0 Å². The molecule has 0 spiro atoms. The third kappa shape index (κ3) is 5.05. The van der Waals surface area contributed by atoms with Crippen molar-refractivity contribution in [2.75, 3.05) is 6.54 Å². The minimum absolute atomic E-state index is 0.0846. The van der Waals surface area contributed by atoms with Gasteiger partial charge in [-0.15, -0.1) is 0 Å². The van der Waals surface area contributed by atoms with Crippen molar-refractivity contribution in [3.63, 3.8) is 0 Å². The van der Waals surface area contributed by atoms with Crippen LogP contribution in [0.5, 0.6) is 0 Å². The standard InChI is InChI=1S/C24H23F4N5O/c1-15-5-3-12-33(19(15)8-9-20-31-13-16(14-32-20)24(26,27)28)23(34)21-17(6-2-7-18(21)25)22-29-10-4-11-30-22/h2,4,6-7,10-11,13-15,19H,3,5,8-9,12H2,1H3/t15-,19-/m1/s1. The smallest absolute Gasteiger partial charge is 0.335 e. The second-order valence-electron chi connectivity index (χ2n) is 8.34. The number of likely N-dealkylation sites (tertiary alicyclic amines) is 1. The Balaban J connectivity index is 1.58. The van der Waals surface area contributed by atoms with Crippen molar-refractivity contribution in [1.82, 2.24) is 24.8 Å². The van der Waals surface area contributed by atoms with E-state index >= 15 is 0 Å². The summed E-state index contributed by atoms with van der Waals surface area (Å²) >= 11 is 0. The number of carbonyl (C=O) groups is 1. The highest BCUT2D eigenvalue weighted by Crippen LogP contribution is 2.32. The molecule has 0 bridgehead atoms. The number of nitrogens with zero attached hydrogens (tertiary/aromatic N) is 5. The van der Waals surface area contributed by atoms with Gasteiger partial charge in [-0.1, -0.05) is 19.1 Å². The van der Waals surface area contributed by atoms with Crippen LogP contribution in [-0.2, 0) is 12.6 Å². The molecule has 1 fully saturated rings. The molecule has 0 radical (unpaired) electrons. The van der Waals surface area contributed by atoms with Gasteiger partial charge in [-0.3, -0.25) is 4.79 Å². The summed E-state index contributed by atoms with van der Waals surface area (Å²) in [5, 5.41) is 0. The third-order valence-electron chi connectivity index (χ3n) is 6.11. The zero-order valence-electron chi connectivity index (χ0n) is 18.5. The van der Waals surface area contributed by atoms with Gasteiger partial charge in [0.2, 0.25) is 0 Å². The van der Waals surface area contributed by atoms with Gasteiger partial charge in [0.25, 0.3) is 5.91 Å². The summed E-state index contributed by atoms with van der Waals surface area (Å²) in [6, 6.07) is 5.75. The van der Waals surface area contributed by atoms with E-state index in [0.717, 1.165) is 25.2 Å². The Kier molecular flexibility index (Phi) is 6.85. The maximum Gasteiger partial charge on any atom is 0.419 e. The van der Waals surface area contributed by atoms with E-state index in [0.29, 0.717) is 24.9 Å². The zero-order valence-corrected chi connectivity index (χ0v) is 18.5. The van der Waals surface area contributed by atoms with E-state index in [-0.39, 0.29) is 29.2 Å². The first-order valence-corrected chi connectivity index (χ1v) is 11.0. The summed E-state index contributed by atoms with van der Waals surface area (Å²) in [7, 11) is 0. The topological polar surface area (TPSA) is 71.9 Å². The van der Waals surface area contributed by atoms with Gasteiger partial charge in [0.05, 0.1) is 11.1 Å². The zero-order chi connectivity index (χ0) is 24.3. The van der Waals surface area contributed by atoms with Crippen LogP contribution in [0.3, 0.4) is 0 Å². The lowest BCUT2D eigenvalue weighted by atomic mass is 9.87. The fourth-order valence-electron chi connectivity index (χ4n) is 4.36. The maximum absolute atomic E-state index is 14.9. The maximum atomic E-state index is 14.9. The van der Waals surface area contributed by atoms with Crippen molar-refractivity contribution in [3.05, 3.63) is 71.8 Å². The molecule has 0 saturated carbocycles. The number of hydrogen-bond acceptors (Lipinski definition) is 5. The molecule has 1 amide bonds. The molecule has 6 nitrogen and oxygen atoms in total. The number of alkyl halides is 3. The van der Waals surface area contributed by atoms with Crippen LogP contribution in [0.25, 0.3) is 11.4 Å². The molecule has 34 heavy (non-hydrogen) atoms. The first-order chi connectivity index (χ1) is 16.3. The lowest BCUT2D eigenvalue weighted by Crippen LogP contribution is -2.48. The molecule has 10 heteroatoms. The number of aryl methyl sites for hydroxylation is 1. The number of benzene rings is 1. The van der Waals surface area contributed by atoms with Gasteiger partial charge >= 0.3 is 6.18 Å². The van der Waals surface area contributed by atoms with Crippen LogP contribution in [-0.4, -0.2) is 43.3 Å². The summed E-state index contributed by atoms with van der Waals surface area (Å²) in [5.41, 5.74) is -0.679. The summed E-state index contributed by atoms with van der Waals surface area (Å²) in [6.45, 7) is 2.46. The predicted octanol–water partition coefficient (Wildman–Crippen LogP) is 4.97. The van der Waals surface area contributed by atoms with Gasteiger partial charge in [-0.2, -0.15) is 13.2 Å². The SMILES string of the molecule is C[C@@H]1CCCN(C(=O)c2c(F)cccc2-c2ncccn2)[C@@H]1CCc1ncc(C(F)(F)F)cn1. The highest BCUT2D eigenvalue weighted by atomic mass is 19.4. The molecule has 0 unspecified atom stereocenters. The van der Waals surface area contributed by atoms with Crippen molar-refractivity contribution < 1.29 is 22.4 Å². The lowest BCUT2D eigenvalue weighted by Gasteiger charge is -2.40. The van der Waals surface area contributed by atoms with Gasteiger partial charge in [0, 0.05) is 49.4 Å². The average Bonchev–Trinajstić information content (AvgIpc) is 2.83. The Morgan fingerprint density at radius 3 is 2.47 bits per heavy atom. The molecule has 3 aromatic rings. The Labute approximate surface area is 194 Å². The fraction of sp³-hybridized carbons (Fsp3) is 0.375. The van der Waals surface area contributed by atoms with Crippen LogP contribution in [0.4, 0.5) is 17.6 Å². The summed E-state index contributed by atoms with van der Waals surface area (Å²) in [4.78, 5) is 31.3. The molecule has 1 aliphatic rings. The van der Waals surface area contributed by atoms with Crippen LogP contribution >= 0.6 is 0 Å². The first kappa shape index (κ1) is 23.7. The average molecular weight is 473 g/mol. The number of hydrogen-bond donors (Lipinski definition) is 0. The molecule has 1 aromatic carbocycles. The van der Waals surface area contributed by atoms with E-state index in [1.807, 2.05) is 6.92 Å². The number of halogens is 4. The Morgan fingerprint density at radius 2 is 1.79 bits per heavy atom. The van der Waals surface area contributed by atoms with Gasteiger partial charge in [-0.05, 0) is 37.3 Å². The van der Waals surface area contributed by atoms with E-state index in [4.69, 9.17) is 0 Å². The van der Waals surface area contributed by atoms with Crippen LogP contribution in [0.2, 0.25) is 0 Å². The van der Waals surface area contributed by atoms with Crippen LogP contribution in [0.1, 0.15) is 47.9 Å². The number of carbonyl (C=O) groups excluding carboxylic acids is 1. The second-order valence-corrected chi connectivity index (χ2v) is 8.34. The Morgan fingerprint density at radius 1 is 1.09 bits per heavy atom. The van der Waals surface area contributed by atoms with E-state index in [2.05, 4.69) is 19.9 Å². The molecule has 3 heterocycles. The molecule has 0 aliphatic carbocycles. The number of rotatable bonds is 5. The van der Waals surface area contributed by atoms with Crippen molar-refractivity contribution in [2.45, 2.75) is 44.8 Å². The Bertz CT molecular complexity index is 1140.